The van der Waals surface area contributed by atoms with Crippen LogP contribution in [0.4, 0.5) is 0 Å². The van der Waals surface area contributed by atoms with E-state index in [4.69, 9.17) is 9.47 Å². The maximum absolute atomic E-state index is 11.8. The summed E-state index contributed by atoms with van der Waals surface area (Å²) in [6.07, 6.45) is 28.8. The average Bonchev–Trinajstić information content (AvgIpc) is 2.85. The van der Waals surface area contributed by atoms with Gasteiger partial charge in [-0.25, -0.2) is 0 Å². The van der Waals surface area contributed by atoms with Crippen LogP contribution >= 0.6 is 0 Å². The topological polar surface area (TPSA) is 52.6 Å². The molecule has 4 nitrogen and oxygen atoms in total. The molecule has 0 amide bonds. The SMILES string of the molecule is CCCCCCCCCCCCCCCCCCOC(=O)CCCC(=O)OCC1CCCCC1. The molecule has 0 heterocycles. The van der Waals surface area contributed by atoms with E-state index in [1.54, 1.807) is 0 Å². The third-order valence-corrected chi connectivity index (χ3v) is 7.23. The van der Waals surface area contributed by atoms with E-state index >= 15 is 0 Å². The van der Waals surface area contributed by atoms with Crippen LogP contribution < -0.4 is 0 Å². The Labute approximate surface area is 211 Å². The normalized spacial score (nSPS) is 14.3. The number of hydrogen-bond donors (Lipinski definition) is 0. The van der Waals surface area contributed by atoms with Crippen molar-refractivity contribution >= 4 is 11.9 Å². The van der Waals surface area contributed by atoms with Crippen LogP contribution in [0.1, 0.15) is 161 Å². The van der Waals surface area contributed by atoms with Crippen molar-refractivity contribution in [3.05, 3.63) is 0 Å². The molecule has 1 rings (SSSR count). The van der Waals surface area contributed by atoms with Gasteiger partial charge in [0, 0.05) is 12.8 Å². The van der Waals surface area contributed by atoms with Crippen LogP contribution in [0.2, 0.25) is 0 Å². The summed E-state index contributed by atoms with van der Waals surface area (Å²) in [5.41, 5.74) is 0. The molecule has 0 unspecified atom stereocenters. The number of rotatable bonds is 23. The Bertz CT molecular complexity index is 470. The number of carbonyl (C=O) groups is 2. The predicted molar refractivity (Wildman–Crippen MR) is 142 cm³/mol. The van der Waals surface area contributed by atoms with E-state index in [-0.39, 0.29) is 11.9 Å². The van der Waals surface area contributed by atoms with Crippen molar-refractivity contribution in [2.24, 2.45) is 5.92 Å². The van der Waals surface area contributed by atoms with Crippen molar-refractivity contribution in [2.75, 3.05) is 13.2 Å². The fourth-order valence-corrected chi connectivity index (χ4v) is 4.92. The van der Waals surface area contributed by atoms with Gasteiger partial charge in [0.1, 0.15) is 0 Å². The minimum absolute atomic E-state index is 0.170. The number of unbranched alkanes of at least 4 members (excludes halogenated alkanes) is 15. The zero-order valence-electron chi connectivity index (χ0n) is 22.6. The van der Waals surface area contributed by atoms with E-state index < -0.39 is 0 Å². The molecule has 4 heteroatoms. The first-order valence-electron chi connectivity index (χ1n) is 15.0. The first kappa shape index (κ1) is 31.0. The van der Waals surface area contributed by atoms with Gasteiger partial charge in [-0.15, -0.1) is 0 Å². The number of hydrogen-bond acceptors (Lipinski definition) is 4. The smallest absolute Gasteiger partial charge is 0.305 e. The molecule has 1 aliphatic carbocycles. The Hall–Kier alpha value is -1.06. The Morgan fingerprint density at radius 1 is 0.559 bits per heavy atom. The van der Waals surface area contributed by atoms with Gasteiger partial charge in [-0.2, -0.15) is 0 Å². The van der Waals surface area contributed by atoms with E-state index in [1.807, 2.05) is 0 Å². The second-order valence-electron chi connectivity index (χ2n) is 10.6. The molecule has 0 spiro atoms. The molecular weight excluding hydrogens is 424 g/mol. The molecular formula is C30H56O4. The van der Waals surface area contributed by atoms with Crippen LogP contribution in [0, 0.1) is 5.92 Å². The van der Waals surface area contributed by atoms with Crippen LogP contribution in [-0.2, 0) is 19.1 Å². The van der Waals surface area contributed by atoms with Gasteiger partial charge in [0.05, 0.1) is 13.2 Å². The van der Waals surface area contributed by atoms with Crippen molar-refractivity contribution in [1.82, 2.24) is 0 Å². The van der Waals surface area contributed by atoms with Crippen molar-refractivity contribution in [2.45, 2.75) is 161 Å². The lowest BCUT2D eigenvalue weighted by Crippen LogP contribution is -2.17. The zero-order chi connectivity index (χ0) is 24.5. The van der Waals surface area contributed by atoms with Crippen molar-refractivity contribution in [3.63, 3.8) is 0 Å². The standard InChI is InChI=1S/C30H56O4/c1-2-3-4-5-6-7-8-9-10-11-12-13-14-15-16-20-26-33-29(31)24-21-25-30(32)34-27-28-22-18-17-19-23-28/h28H,2-27H2,1H3. The monoisotopic (exact) mass is 480 g/mol. The lowest BCUT2D eigenvalue weighted by Gasteiger charge is -2.20. The molecule has 0 aliphatic heterocycles. The fourth-order valence-electron chi connectivity index (χ4n) is 4.92. The summed E-state index contributed by atoms with van der Waals surface area (Å²) < 4.78 is 10.7. The molecule has 1 aliphatic rings. The molecule has 0 atom stereocenters. The minimum atomic E-state index is -0.180. The third kappa shape index (κ3) is 20.3. The summed E-state index contributed by atoms with van der Waals surface area (Å²) >= 11 is 0. The Morgan fingerprint density at radius 2 is 1.00 bits per heavy atom. The summed E-state index contributed by atoms with van der Waals surface area (Å²) in [6, 6.07) is 0. The van der Waals surface area contributed by atoms with Crippen LogP contribution in [0.5, 0.6) is 0 Å². The average molecular weight is 481 g/mol. The fraction of sp³-hybridized carbons (Fsp3) is 0.933. The minimum Gasteiger partial charge on any atom is -0.466 e. The van der Waals surface area contributed by atoms with Crippen LogP contribution in [0.3, 0.4) is 0 Å². The maximum Gasteiger partial charge on any atom is 0.305 e. The number of carbonyl (C=O) groups excluding carboxylic acids is 2. The largest absolute Gasteiger partial charge is 0.466 e. The zero-order valence-corrected chi connectivity index (χ0v) is 22.6. The van der Waals surface area contributed by atoms with E-state index in [2.05, 4.69) is 6.92 Å². The van der Waals surface area contributed by atoms with Crippen LogP contribution in [0.25, 0.3) is 0 Å². The molecule has 0 radical (unpaired) electrons. The Morgan fingerprint density at radius 3 is 1.50 bits per heavy atom. The van der Waals surface area contributed by atoms with Gasteiger partial charge in [0.2, 0.25) is 0 Å². The van der Waals surface area contributed by atoms with Gasteiger partial charge in [-0.05, 0) is 31.6 Å². The molecule has 200 valence electrons. The van der Waals surface area contributed by atoms with Crippen LogP contribution in [-0.4, -0.2) is 25.2 Å². The summed E-state index contributed by atoms with van der Waals surface area (Å²) in [5.74, 6) is 0.194. The summed E-state index contributed by atoms with van der Waals surface area (Å²) in [5, 5.41) is 0. The highest BCUT2D eigenvalue weighted by Gasteiger charge is 2.15. The predicted octanol–water partition coefficient (Wildman–Crippen LogP) is 9.08. The van der Waals surface area contributed by atoms with E-state index in [9.17, 15) is 9.59 Å². The Kier molecular flexibility index (Phi) is 21.6. The van der Waals surface area contributed by atoms with Gasteiger partial charge in [-0.3, -0.25) is 9.59 Å². The number of ether oxygens (including phenoxy) is 2. The van der Waals surface area contributed by atoms with Crippen molar-refractivity contribution in [3.8, 4) is 0 Å². The van der Waals surface area contributed by atoms with Crippen molar-refractivity contribution in [1.29, 1.82) is 0 Å². The summed E-state index contributed by atoms with van der Waals surface area (Å²) in [6.45, 7) is 3.35. The van der Waals surface area contributed by atoms with Gasteiger partial charge in [0.25, 0.3) is 0 Å². The lowest BCUT2D eigenvalue weighted by molar-refractivity contribution is -0.146. The van der Waals surface area contributed by atoms with Gasteiger partial charge in [0.15, 0.2) is 0 Å². The van der Waals surface area contributed by atoms with E-state index in [0.717, 1.165) is 12.8 Å². The van der Waals surface area contributed by atoms with E-state index in [0.29, 0.717) is 38.4 Å². The highest BCUT2D eigenvalue weighted by Crippen LogP contribution is 2.23. The van der Waals surface area contributed by atoms with Gasteiger partial charge in [-0.1, -0.05) is 122 Å². The molecule has 0 N–H and O–H groups in total. The molecule has 1 fully saturated rings. The molecule has 0 bridgehead atoms. The second kappa shape index (κ2) is 23.7. The maximum atomic E-state index is 11.8. The molecule has 0 aromatic carbocycles. The first-order valence-corrected chi connectivity index (χ1v) is 15.0. The first-order chi connectivity index (χ1) is 16.7. The molecule has 1 saturated carbocycles. The highest BCUT2D eigenvalue weighted by atomic mass is 16.5. The van der Waals surface area contributed by atoms with Gasteiger partial charge >= 0.3 is 11.9 Å². The van der Waals surface area contributed by atoms with E-state index in [1.165, 1.54) is 122 Å². The summed E-state index contributed by atoms with van der Waals surface area (Å²) in [7, 11) is 0. The molecule has 0 aromatic rings. The van der Waals surface area contributed by atoms with Gasteiger partial charge < -0.3 is 9.47 Å². The van der Waals surface area contributed by atoms with Crippen LogP contribution in [0.15, 0.2) is 0 Å². The molecule has 0 saturated heterocycles. The second-order valence-corrected chi connectivity index (χ2v) is 10.6. The van der Waals surface area contributed by atoms with Crippen molar-refractivity contribution < 1.29 is 19.1 Å². The lowest BCUT2D eigenvalue weighted by atomic mass is 9.90. The number of esters is 2. The molecule has 0 aromatic heterocycles. The summed E-state index contributed by atoms with van der Waals surface area (Å²) in [4.78, 5) is 23.6. The Balaban J connectivity index is 1.75. The molecule has 34 heavy (non-hydrogen) atoms. The highest BCUT2D eigenvalue weighted by molar-refractivity contribution is 5.72. The third-order valence-electron chi connectivity index (χ3n) is 7.23. The quantitative estimate of drug-likeness (QED) is 0.108.